The van der Waals surface area contributed by atoms with Gasteiger partial charge in [-0.05, 0) is 36.8 Å². The molecule has 2 heterocycles. The minimum Gasteiger partial charge on any atom is -0.379 e. The lowest BCUT2D eigenvalue weighted by molar-refractivity contribution is -0.136. The number of halogens is 1. The summed E-state index contributed by atoms with van der Waals surface area (Å²) in [5.74, 6) is 0.441. The number of rotatable bonds is 5. The monoisotopic (exact) mass is 348 g/mol. The van der Waals surface area contributed by atoms with Gasteiger partial charge in [0.05, 0.1) is 13.2 Å². The van der Waals surface area contributed by atoms with Gasteiger partial charge in [-0.25, -0.2) is 4.39 Å². The molecule has 1 unspecified atom stereocenters. The number of likely N-dealkylation sites (tertiary alicyclic amines) is 1. The quantitative estimate of drug-likeness (QED) is 0.820. The summed E-state index contributed by atoms with van der Waals surface area (Å²) in [4.78, 5) is 17.1. The number of carbonyl (C=O) groups is 1. The van der Waals surface area contributed by atoms with E-state index in [0.717, 1.165) is 58.8 Å². The highest BCUT2D eigenvalue weighted by molar-refractivity contribution is 5.78. The van der Waals surface area contributed by atoms with E-state index in [4.69, 9.17) is 4.74 Å². The van der Waals surface area contributed by atoms with Gasteiger partial charge >= 0.3 is 0 Å². The number of amides is 1. The van der Waals surface area contributed by atoms with Crippen LogP contribution in [0.3, 0.4) is 0 Å². The van der Waals surface area contributed by atoms with E-state index >= 15 is 0 Å². The van der Waals surface area contributed by atoms with E-state index in [1.54, 1.807) is 12.1 Å². The van der Waals surface area contributed by atoms with Gasteiger partial charge in [0.2, 0.25) is 5.91 Å². The van der Waals surface area contributed by atoms with E-state index in [2.05, 4.69) is 4.90 Å². The van der Waals surface area contributed by atoms with Crippen molar-refractivity contribution in [3.8, 4) is 0 Å². The number of morpholine rings is 1. The van der Waals surface area contributed by atoms with Gasteiger partial charge in [0.1, 0.15) is 5.82 Å². The predicted molar refractivity (Wildman–Crippen MR) is 95.8 cm³/mol. The second kappa shape index (κ2) is 8.77. The van der Waals surface area contributed by atoms with Crippen LogP contribution in [0.1, 0.15) is 25.3 Å². The van der Waals surface area contributed by atoms with Crippen LogP contribution >= 0.6 is 0 Å². The first-order valence-corrected chi connectivity index (χ1v) is 9.46. The van der Waals surface area contributed by atoms with Gasteiger partial charge in [0.25, 0.3) is 0 Å². The summed E-state index contributed by atoms with van der Waals surface area (Å²) < 4.78 is 19.2. The normalized spacial score (nSPS) is 21.3. The Morgan fingerprint density at radius 3 is 2.56 bits per heavy atom. The molecule has 0 saturated carbocycles. The minimum atomic E-state index is -0.216. The van der Waals surface area contributed by atoms with E-state index in [9.17, 15) is 9.18 Å². The molecule has 0 spiro atoms. The van der Waals surface area contributed by atoms with Gasteiger partial charge < -0.3 is 9.64 Å². The van der Waals surface area contributed by atoms with Crippen LogP contribution in [0, 0.1) is 17.7 Å². The third kappa shape index (κ3) is 5.02. The van der Waals surface area contributed by atoms with Crippen molar-refractivity contribution < 1.29 is 13.9 Å². The predicted octanol–water partition coefficient (Wildman–Crippen LogP) is 2.58. The highest BCUT2D eigenvalue weighted by atomic mass is 19.1. The van der Waals surface area contributed by atoms with Crippen molar-refractivity contribution in [1.29, 1.82) is 0 Å². The molecule has 1 aromatic carbocycles. The number of hydrogen-bond acceptors (Lipinski definition) is 3. The second-order valence-electron chi connectivity index (χ2n) is 7.38. The van der Waals surface area contributed by atoms with E-state index in [1.807, 2.05) is 17.9 Å². The number of piperidine rings is 1. The number of nitrogens with zero attached hydrogens (tertiary/aromatic N) is 2. The highest BCUT2D eigenvalue weighted by Gasteiger charge is 2.27. The summed E-state index contributed by atoms with van der Waals surface area (Å²) in [6, 6.07) is 6.74. The molecule has 25 heavy (non-hydrogen) atoms. The van der Waals surface area contributed by atoms with Crippen molar-refractivity contribution in [2.45, 2.75) is 26.2 Å². The SMILES string of the molecule is CC(Cc1ccccc1F)C(=O)N1CCC(CN2CCOCC2)CC1. The van der Waals surface area contributed by atoms with Gasteiger partial charge in [-0.15, -0.1) is 0 Å². The Kier molecular flexibility index (Phi) is 6.43. The number of ether oxygens (including phenoxy) is 1. The summed E-state index contributed by atoms with van der Waals surface area (Å²) in [5, 5.41) is 0. The van der Waals surface area contributed by atoms with Crippen LogP contribution in [-0.2, 0) is 16.0 Å². The molecule has 0 aromatic heterocycles. The molecule has 1 amide bonds. The molecule has 1 aromatic rings. The molecule has 1 atom stereocenters. The van der Waals surface area contributed by atoms with E-state index in [-0.39, 0.29) is 17.6 Å². The summed E-state index contributed by atoms with van der Waals surface area (Å²) in [5.41, 5.74) is 0.630. The Hall–Kier alpha value is -1.46. The molecular formula is C20H29FN2O2. The number of benzene rings is 1. The maximum absolute atomic E-state index is 13.8. The minimum absolute atomic E-state index is 0.160. The van der Waals surface area contributed by atoms with E-state index in [1.165, 1.54) is 6.07 Å². The zero-order valence-electron chi connectivity index (χ0n) is 15.1. The van der Waals surface area contributed by atoms with Crippen LogP contribution < -0.4 is 0 Å². The third-order valence-corrected chi connectivity index (χ3v) is 5.45. The topological polar surface area (TPSA) is 32.8 Å². The fourth-order valence-electron chi connectivity index (χ4n) is 3.88. The average molecular weight is 348 g/mol. The molecule has 2 aliphatic heterocycles. The average Bonchev–Trinajstić information content (AvgIpc) is 2.64. The van der Waals surface area contributed by atoms with Crippen LogP contribution in [0.15, 0.2) is 24.3 Å². The fourth-order valence-corrected chi connectivity index (χ4v) is 3.88. The van der Waals surface area contributed by atoms with Crippen LogP contribution in [0.25, 0.3) is 0 Å². The van der Waals surface area contributed by atoms with Crippen LogP contribution in [0.4, 0.5) is 4.39 Å². The number of carbonyl (C=O) groups excluding carboxylic acids is 1. The fraction of sp³-hybridized carbons (Fsp3) is 0.650. The van der Waals surface area contributed by atoms with E-state index < -0.39 is 0 Å². The Morgan fingerprint density at radius 1 is 1.20 bits per heavy atom. The molecule has 0 bridgehead atoms. The van der Waals surface area contributed by atoms with Crippen molar-refractivity contribution in [2.75, 3.05) is 45.9 Å². The van der Waals surface area contributed by atoms with E-state index in [0.29, 0.717) is 17.9 Å². The van der Waals surface area contributed by atoms with Crippen molar-refractivity contribution in [3.63, 3.8) is 0 Å². The van der Waals surface area contributed by atoms with Crippen LogP contribution in [0.2, 0.25) is 0 Å². The van der Waals surface area contributed by atoms with Gasteiger partial charge in [-0.2, -0.15) is 0 Å². The largest absolute Gasteiger partial charge is 0.379 e. The van der Waals surface area contributed by atoms with Gasteiger partial charge in [0.15, 0.2) is 0 Å². The van der Waals surface area contributed by atoms with Crippen molar-refractivity contribution in [1.82, 2.24) is 9.80 Å². The molecule has 2 saturated heterocycles. The van der Waals surface area contributed by atoms with Crippen molar-refractivity contribution >= 4 is 5.91 Å². The highest BCUT2D eigenvalue weighted by Crippen LogP contribution is 2.22. The molecule has 5 heteroatoms. The zero-order valence-corrected chi connectivity index (χ0v) is 15.1. The van der Waals surface area contributed by atoms with Gasteiger partial charge in [-0.1, -0.05) is 25.1 Å². The van der Waals surface area contributed by atoms with Crippen LogP contribution in [-0.4, -0.2) is 61.6 Å². The van der Waals surface area contributed by atoms with Crippen molar-refractivity contribution in [2.24, 2.45) is 11.8 Å². The third-order valence-electron chi connectivity index (χ3n) is 5.45. The molecule has 0 aliphatic carbocycles. The van der Waals surface area contributed by atoms with Gasteiger partial charge in [-0.3, -0.25) is 9.69 Å². The maximum atomic E-state index is 13.8. The molecule has 2 fully saturated rings. The molecule has 4 nitrogen and oxygen atoms in total. The smallest absolute Gasteiger partial charge is 0.225 e. The first-order chi connectivity index (χ1) is 12.1. The lowest BCUT2D eigenvalue weighted by Gasteiger charge is -2.37. The number of hydrogen-bond donors (Lipinski definition) is 0. The molecule has 2 aliphatic rings. The summed E-state index contributed by atoms with van der Waals surface area (Å²) in [7, 11) is 0. The molecule has 0 N–H and O–H groups in total. The second-order valence-corrected chi connectivity index (χ2v) is 7.38. The summed E-state index contributed by atoms with van der Waals surface area (Å²) >= 11 is 0. The Morgan fingerprint density at radius 2 is 1.88 bits per heavy atom. The summed E-state index contributed by atoms with van der Waals surface area (Å²) in [6.45, 7) is 8.42. The summed E-state index contributed by atoms with van der Waals surface area (Å²) in [6.07, 6.45) is 2.60. The van der Waals surface area contributed by atoms with Gasteiger partial charge in [0, 0.05) is 38.6 Å². The lowest BCUT2D eigenvalue weighted by Crippen LogP contribution is -2.45. The first-order valence-electron chi connectivity index (χ1n) is 9.46. The van der Waals surface area contributed by atoms with Crippen molar-refractivity contribution in [3.05, 3.63) is 35.6 Å². The molecule has 3 rings (SSSR count). The Labute approximate surface area is 149 Å². The maximum Gasteiger partial charge on any atom is 0.225 e. The standard InChI is InChI=1S/C20H29FN2O2/c1-16(14-18-4-2-3-5-19(18)21)20(24)23-8-6-17(7-9-23)15-22-10-12-25-13-11-22/h2-5,16-17H,6-15H2,1H3. The Bertz CT molecular complexity index is 567. The molecular weight excluding hydrogens is 319 g/mol. The lowest BCUT2D eigenvalue weighted by atomic mass is 9.93. The molecule has 0 radical (unpaired) electrons. The molecule has 138 valence electrons. The van der Waals surface area contributed by atoms with Crippen LogP contribution in [0.5, 0.6) is 0 Å². The zero-order chi connectivity index (χ0) is 17.6. The first kappa shape index (κ1) is 18.3. The Balaban J connectivity index is 1.45.